The van der Waals surface area contributed by atoms with Crippen LogP contribution in [0, 0.1) is 11.8 Å². The molecule has 0 aromatic rings. The SMILES string of the molecule is CC(C)CC(C)CNC(=O)C(=O)O. The highest BCUT2D eigenvalue weighted by atomic mass is 16.4. The molecule has 1 atom stereocenters. The van der Waals surface area contributed by atoms with Crippen molar-refractivity contribution < 1.29 is 14.7 Å². The van der Waals surface area contributed by atoms with E-state index in [-0.39, 0.29) is 0 Å². The van der Waals surface area contributed by atoms with Crippen LogP contribution in [0.2, 0.25) is 0 Å². The minimum atomic E-state index is -1.42. The highest BCUT2D eigenvalue weighted by Gasteiger charge is 2.12. The number of aliphatic carboxylic acids is 1. The van der Waals surface area contributed by atoms with Crippen molar-refractivity contribution in [3.8, 4) is 0 Å². The Balaban J connectivity index is 3.64. The number of nitrogens with one attached hydrogen (secondary N) is 1. The molecule has 0 bridgehead atoms. The van der Waals surface area contributed by atoms with E-state index in [1.165, 1.54) is 0 Å². The second kappa shape index (κ2) is 5.56. The van der Waals surface area contributed by atoms with Gasteiger partial charge in [0.15, 0.2) is 0 Å². The van der Waals surface area contributed by atoms with Crippen molar-refractivity contribution in [3.63, 3.8) is 0 Å². The van der Waals surface area contributed by atoms with Gasteiger partial charge >= 0.3 is 11.9 Å². The van der Waals surface area contributed by atoms with E-state index in [0.717, 1.165) is 6.42 Å². The molecule has 0 aliphatic carbocycles. The number of hydrogen-bond donors (Lipinski definition) is 2. The molecule has 13 heavy (non-hydrogen) atoms. The fourth-order valence-corrected chi connectivity index (χ4v) is 1.23. The Labute approximate surface area is 78.3 Å². The summed E-state index contributed by atoms with van der Waals surface area (Å²) in [6.07, 6.45) is 0.986. The number of carbonyl (C=O) groups excluding carboxylic acids is 1. The maximum atomic E-state index is 10.6. The van der Waals surface area contributed by atoms with Gasteiger partial charge in [0.25, 0.3) is 0 Å². The number of hydrogen-bond acceptors (Lipinski definition) is 2. The monoisotopic (exact) mass is 187 g/mol. The summed E-state index contributed by atoms with van der Waals surface area (Å²) in [5.74, 6) is -1.45. The molecule has 0 rings (SSSR count). The standard InChI is InChI=1S/C9H17NO3/c1-6(2)4-7(3)5-10-8(11)9(12)13/h6-7H,4-5H2,1-3H3,(H,10,11)(H,12,13). The van der Waals surface area contributed by atoms with Crippen molar-refractivity contribution in [2.24, 2.45) is 11.8 Å². The van der Waals surface area contributed by atoms with Gasteiger partial charge in [0.05, 0.1) is 0 Å². The first-order chi connectivity index (χ1) is 5.93. The molecular formula is C9H17NO3. The van der Waals surface area contributed by atoms with E-state index < -0.39 is 11.9 Å². The highest BCUT2D eigenvalue weighted by molar-refractivity contribution is 6.31. The topological polar surface area (TPSA) is 66.4 Å². The van der Waals surface area contributed by atoms with E-state index in [1.807, 2.05) is 6.92 Å². The molecule has 2 N–H and O–H groups in total. The Morgan fingerprint density at radius 3 is 2.23 bits per heavy atom. The Morgan fingerprint density at radius 2 is 1.85 bits per heavy atom. The molecule has 4 nitrogen and oxygen atoms in total. The summed E-state index contributed by atoms with van der Waals surface area (Å²) in [4.78, 5) is 20.7. The molecule has 0 aliphatic rings. The normalized spacial score (nSPS) is 12.6. The van der Waals surface area contributed by atoms with E-state index in [9.17, 15) is 9.59 Å². The van der Waals surface area contributed by atoms with E-state index in [0.29, 0.717) is 18.4 Å². The van der Waals surface area contributed by atoms with Crippen LogP contribution >= 0.6 is 0 Å². The molecule has 0 aliphatic heterocycles. The third-order valence-electron chi connectivity index (χ3n) is 1.68. The summed E-state index contributed by atoms with van der Waals surface area (Å²) < 4.78 is 0. The molecule has 0 saturated heterocycles. The molecule has 1 amide bonds. The van der Waals surface area contributed by atoms with Gasteiger partial charge in [-0.1, -0.05) is 20.8 Å². The summed E-state index contributed by atoms with van der Waals surface area (Å²) in [5, 5.41) is 10.6. The van der Waals surface area contributed by atoms with Gasteiger partial charge in [-0.3, -0.25) is 4.79 Å². The zero-order valence-electron chi connectivity index (χ0n) is 8.33. The molecule has 0 aromatic heterocycles. The second-order valence-electron chi connectivity index (χ2n) is 3.75. The predicted molar refractivity (Wildman–Crippen MR) is 49.3 cm³/mol. The Hall–Kier alpha value is -1.06. The first-order valence-corrected chi connectivity index (χ1v) is 4.44. The largest absolute Gasteiger partial charge is 0.474 e. The van der Waals surface area contributed by atoms with Gasteiger partial charge in [0.2, 0.25) is 0 Å². The van der Waals surface area contributed by atoms with Crippen molar-refractivity contribution >= 4 is 11.9 Å². The summed E-state index contributed by atoms with van der Waals surface area (Å²) in [6, 6.07) is 0. The van der Waals surface area contributed by atoms with Crippen LogP contribution in [0.3, 0.4) is 0 Å². The summed E-state index contributed by atoms with van der Waals surface area (Å²) in [6.45, 7) is 6.61. The van der Waals surface area contributed by atoms with E-state index in [2.05, 4.69) is 19.2 Å². The van der Waals surface area contributed by atoms with Gasteiger partial charge in [-0.25, -0.2) is 4.79 Å². The lowest BCUT2D eigenvalue weighted by atomic mass is 9.99. The maximum Gasteiger partial charge on any atom is 0.394 e. The van der Waals surface area contributed by atoms with Gasteiger partial charge in [0.1, 0.15) is 0 Å². The van der Waals surface area contributed by atoms with E-state index >= 15 is 0 Å². The van der Waals surface area contributed by atoms with Gasteiger partial charge < -0.3 is 10.4 Å². The number of amides is 1. The van der Waals surface area contributed by atoms with Crippen LogP contribution in [-0.4, -0.2) is 23.5 Å². The average Bonchev–Trinajstić information content (AvgIpc) is 1.98. The Morgan fingerprint density at radius 1 is 1.31 bits per heavy atom. The van der Waals surface area contributed by atoms with Crippen molar-refractivity contribution in [3.05, 3.63) is 0 Å². The van der Waals surface area contributed by atoms with Gasteiger partial charge in [-0.2, -0.15) is 0 Å². The van der Waals surface area contributed by atoms with Crippen LogP contribution < -0.4 is 5.32 Å². The van der Waals surface area contributed by atoms with Crippen LogP contribution in [-0.2, 0) is 9.59 Å². The number of carboxylic acid groups (broad SMARTS) is 1. The highest BCUT2D eigenvalue weighted by Crippen LogP contribution is 2.09. The summed E-state index contributed by atoms with van der Waals surface area (Å²) in [7, 11) is 0. The molecule has 0 fully saturated rings. The zero-order chi connectivity index (χ0) is 10.4. The molecule has 0 aromatic carbocycles. The lowest BCUT2D eigenvalue weighted by Crippen LogP contribution is -2.34. The Bertz CT molecular complexity index is 189. The van der Waals surface area contributed by atoms with Crippen molar-refractivity contribution in [1.82, 2.24) is 5.32 Å². The molecule has 0 heterocycles. The summed E-state index contributed by atoms with van der Waals surface area (Å²) in [5.41, 5.74) is 0. The smallest absolute Gasteiger partial charge is 0.394 e. The Kier molecular flexibility index (Phi) is 5.11. The second-order valence-corrected chi connectivity index (χ2v) is 3.75. The fourth-order valence-electron chi connectivity index (χ4n) is 1.23. The lowest BCUT2D eigenvalue weighted by Gasteiger charge is -2.13. The number of carboxylic acids is 1. The third kappa shape index (κ3) is 6.13. The van der Waals surface area contributed by atoms with Crippen molar-refractivity contribution in [1.29, 1.82) is 0 Å². The maximum absolute atomic E-state index is 10.6. The van der Waals surface area contributed by atoms with Crippen LogP contribution in [0.4, 0.5) is 0 Å². The van der Waals surface area contributed by atoms with Crippen LogP contribution in [0.25, 0.3) is 0 Å². The predicted octanol–water partition coefficient (Wildman–Crippen LogP) is 0.869. The van der Waals surface area contributed by atoms with Crippen LogP contribution in [0.5, 0.6) is 0 Å². The minimum absolute atomic E-state index is 0.322. The number of carbonyl (C=O) groups is 2. The molecule has 0 saturated carbocycles. The molecule has 1 unspecified atom stereocenters. The molecule has 76 valence electrons. The van der Waals surface area contributed by atoms with Crippen LogP contribution in [0.1, 0.15) is 27.2 Å². The van der Waals surface area contributed by atoms with Crippen molar-refractivity contribution in [2.45, 2.75) is 27.2 Å². The molecule has 0 radical (unpaired) electrons. The van der Waals surface area contributed by atoms with Gasteiger partial charge in [-0.15, -0.1) is 0 Å². The number of rotatable bonds is 4. The first-order valence-electron chi connectivity index (χ1n) is 4.44. The lowest BCUT2D eigenvalue weighted by molar-refractivity contribution is -0.150. The molecular weight excluding hydrogens is 170 g/mol. The molecule has 0 spiro atoms. The first kappa shape index (κ1) is 11.9. The van der Waals surface area contributed by atoms with Gasteiger partial charge in [0, 0.05) is 6.54 Å². The van der Waals surface area contributed by atoms with Crippen molar-refractivity contribution in [2.75, 3.05) is 6.54 Å². The zero-order valence-corrected chi connectivity index (χ0v) is 8.33. The van der Waals surface area contributed by atoms with Gasteiger partial charge in [-0.05, 0) is 18.3 Å². The van der Waals surface area contributed by atoms with Crippen LogP contribution in [0.15, 0.2) is 0 Å². The fraction of sp³-hybridized carbons (Fsp3) is 0.778. The quantitative estimate of drug-likeness (QED) is 0.642. The minimum Gasteiger partial charge on any atom is -0.474 e. The summed E-state index contributed by atoms with van der Waals surface area (Å²) >= 11 is 0. The van der Waals surface area contributed by atoms with E-state index in [4.69, 9.17) is 5.11 Å². The average molecular weight is 187 g/mol. The van der Waals surface area contributed by atoms with E-state index in [1.54, 1.807) is 0 Å². The third-order valence-corrected chi connectivity index (χ3v) is 1.68. The molecule has 4 heteroatoms.